The van der Waals surface area contributed by atoms with Crippen molar-refractivity contribution >= 4 is 11.6 Å². The number of pyridine rings is 1. The highest BCUT2D eigenvalue weighted by Gasteiger charge is 2.17. The van der Waals surface area contributed by atoms with E-state index in [1.165, 1.54) is 26.5 Å². The van der Waals surface area contributed by atoms with Crippen LogP contribution in [0.1, 0.15) is 10.5 Å². The number of hydrogen-bond acceptors (Lipinski definition) is 8. The maximum Gasteiger partial charge on any atom is 0.319 e. The summed E-state index contributed by atoms with van der Waals surface area (Å²) >= 11 is 0. The summed E-state index contributed by atoms with van der Waals surface area (Å²) in [6.07, 6.45) is 4.64. The normalized spacial score (nSPS) is 10.2. The third kappa shape index (κ3) is 3.14. The zero-order valence-corrected chi connectivity index (χ0v) is 12.9. The highest BCUT2D eigenvalue weighted by atomic mass is 16.5. The van der Waals surface area contributed by atoms with Crippen molar-refractivity contribution < 1.29 is 18.8 Å². The van der Waals surface area contributed by atoms with Crippen LogP contribution in [0.2, 0.25) is 0 Å². The summed E-state index contributed by atoms with van der Waals surface area (Å²) in [5.41, 5.74) is 1.11. The number of carbonyl (C=O) groups is 1. The predicted octanol–water partition coefficient (Wildman–Crippen LogP) is 1.80. The second-order valence-electron chi connectivity index (χ2n) is 4.55. The summed E-state index contributed by atoms with van der Waals surface area (Å²) in [5.74, 6) is 0.123. The van der Waals surface area contributed by atoms with E-state index in [0.717, 1.165) is 5.56 Å². The van der Waals surface area contributed by atoms with Crippen molar-refractivity contribution in [2.45, 2.75) is 0 Å². The molecule has 0 saturated carbocycles. The van der Waals surface area contributed by atoms with E-state index in [4.69, 9.17) is 14.0 Å². The van der Waals surface area contributed by atoms with Crippen LogP contribution in [0.3, 0.4) is 0 Å². The van der Waals surface area contributed by atoms with E-state index >= 15 is 0 Å². The van der Waals surface area contributed by atoms with Gasteiger partial charge in [0, 0.05) is 24.0 Å². The average molecular weight is 327 g/mol. The fourth-order valence-electron chi connectivity index (χ4n) is 1.90. The highest BCUT2D eigenvalue weighted by molar-refractivity contribution is 6.03. The Bertz CT molecular complexity index is 850. The van der Waals surface area contributed by atoms with E-state index in [-0.39, 0.29) is 23.3 Å². The Kier molecular flexibility index (Phi) is 4.32. The number of ether oxygens (including phenoxy) is 2. The fraction of sp³-hybridized carbons (Fsp3) is 0.133. The van der Waals surface area contributed by atoms with Gasteiger partial charge in [0.1, 0.15) is 5.69 Å². The first-order valence-corrected chi connectivity index (χ1v) is 6.84. The molecule has 0 unspecified atom stereocenters. The maximum absolute atomic E-state index is 12.3. The minimum atomic E-state index is -0.485. The summed E-state index contributed by atoms with van der Waals surface area (Å²) in [7, 11) is 2.86. The van der Waals surface area contributed by atoms with Gasteiger partial charge in [-0.3, -0.25) is 9.78 Å². The number of methoxy groups -OCH3 is 2. The van der Waals surface area contributed by atoms with Gasteiger partial charge in [0.25, 0.3) is 5.91 Å². The Balaban J connectivity index is 1.80. The van der Waals surface area contributed by atoms with Crippen LogP contribution in [0.5, 0.6) is 11.9 Å². The van der Waals surface area contributed by atoms with Crippen molar-refractivity contribution in [1.29, 1.82) is 0 Å². The Hall–Kier alpha value is -3.49. The van der Waals surface area contributed by atoms with Gasteiger partial charge in [0.15, 0.2) is 11.5 Å². The Morgan fingerprint density at radius 2 is 2.12 bits per heavy atom. The van der Waals surface area contributed by atoms with Crippen LogP contribution < -0.4 is 14.8 Å². The first-order valence-electron chi connectivity index (χ1n) is 6.84. The average Bonchev–Trinajstić information content (AvgIpc) is 3.13. The van der Waals surface area contributed by atoms with E-state index in [2.05, 4.69) is 25.4 Å². The van der Waals surface area contributed by atoms with E-state index in [0.29, 0.717) is 5.76 Å². The molecule has 0 atom stereocenters. The molecular formula is C15H13N5O4. The lowest BCUT2D eigenvalue weighted by atomic mass is 10.2. The molecule has 1 N–H and O–H groups in total. The second-order valence-corrected chi connectivity index (χ2v) is 4.55. The Morgan fingerprint density at radius 3 is 2.83 bits per heavy atom. The lowest BCUT2D eigenvalue weighted by Crippen LogP contribution is -2.14. The predicted molar refractivity (Wildman–Crippen MR) is 82.8 cm³/mol. The van der Waals surface area contributed by atoms with Gasteiger partial charge in [0.05, 0.1) is 20.4 Å². The zero-order valence-electron chi connectivity index (χ0n) is 12.9. The standard InChI is InChI=1S/C15H13N5O4/c1-22-14-11(8-17-15(19-14)23-2)18-13(21)10-6-12(24-20-10)9-4-3-5-16-7-9/h3-8H,1-2H3,(H,18,21). The number of hydrogen-bond donors (Lipinski definition) is 1. The molecule has 24 heavy (non-hydrogen) atoms. The molecule has 0 fully saturated rings. The topological polar surface area (TPSA) is 112 Å². The van der Waals surface area contributed by atoms with Crippen molar-refractivity contribution in [3.05, 3.63) is 42.5 Å². The zero-order chi connectivity index (χ0) is 16.9. The van der Waals surface area contributed by atoms with E-state index in [1.54, 1.807) is 24.5 Å². The molecule has 3 aromatic heterocycles. The number of nitrogens with zero attached hydrogens (tertiary/aromatic N) is 4. The van der Waals surface area contributed by atoms with Gasteiger partial charge in [0.2, 0.25) is 5.88 Å². The van der Waals surface area contributed by atoms with Crippen molar-refractivity contribution in [3.8, 4) is 23.2 Å². The first-order chi connectivity index (χ1) is 11.7. The lowest BCUT2D eigenvalue weighted by Gasteiger charge is -2.08. The molecule has 1 amide bonds. The van der Waals surface area contributed by atoms with E-state index in [1.807, 2.05) is 0 Å². The van der Waals surface area contributed by atoms with Crippen LogP contribution in [-0.4, -0.2) is 40.2 Å². The van der Waals surface area contributed by atoms with Crippen molar-refractivity contribution in [2.24, 2.45) is 0 Å². The van der Waals surface area contributed by atoms with E-state index in [9.17, 15) is 4.79 Å². The van der Waals surface area contributed by atoms with Gasteiger partial charge < -0.3 is 19.3 Å². The number of carbonyl (C=O) groups excluding carboxylic acids is 1. The minimum absolute atomic E-state index is 0.103. The molecule has 3 aromatic rings. The summed E-state index contributed by atoms with van der Waals surface area (Å²) in [6.45, 7) is 0. The lowest BCUT2D eigenvalue weighted by molar-refractivity contribution is 0.101. The molecule has 122 valence electrons. The molecular weight excluding hydrogens is 314 g/mol. The molecule has 0 saturated heterocycles. The maximum atomic E-state index is 12.3. The van der Waals surface area contributed by atoms with Crippen LogP contribution in [0, 0.1) is 0 Å². The largest absolute Gasteiger partial charge is 0.479 e. The molecule has 0 aliphatic heterocycles. The van der Waals surface area contributed by atoms with E-state index < -0.39 is 5.91 Å². The number of aromatic nitrogens is 4. The molecule has 9 nitrogen and oxygen atoms in total. The van der Waals surface area contributed by atoms with Crippen molar-refractivity contribution in [3.63, 3.8) is 0 Å². The Morgan fingerprint density at radius 1 is 1.25 bits per heavy atom. The number of anilines is 1. The van der Waals surface area contributed by atoms with Crippen LogP contribution in [0.15, 0.2) is 41.3 Å². The van der Waals surface area contributed by atoms with Gasteiger partial charge in [-0.25, -0.2) is 4.98 Å². The molecule has 3 rings (SSSR count). The summed E-state index contributed by atoms with van der Waals surface area (Å²) < 4.78 is 15.2. The number of nitrogens with one attached hydrogen (secondary N) is 1. The Labute approximate surface area is 136 Å². The molecule has 0 bridgehead atoms. The molecule has 0 spiro atoms. The fourth-order valence-corrected chi connectivity index (χ4v) is 1.90. The van der Waals surface area contributed by atoms with Crippen molar-refractivity contribution in [2.75, 3.05) is 19.5 Å². The first kappa shape index (κ1) is 15.4. The summed E-state index contributed by atoms with van der Waals surface area (Å²) in [6, 6.07) is 5.21. The summed E-state index contributed by atoms with van der Waals surface area (Å²) in [4.78, 5) is 24.2. The molecule has 9 heteroatoms. The molecule has 0 aromatic carbocycles. The highest BCUT2D eigenvalue weighted by Crippen LogP contribution is 2.24. The quantitative estimate of drug-likeness (QED) is 0.755. The molecule has 0 aliphatic rings. The van der Waals surface area contributed by atoms with Crippen molar-refractivity contribution in [1.82, 2.24) is 20.1 Å². The van der Waals surface area contributed by atoms with Gasteiger partial charge in [-0.2, -0.15) is 4.98 Å². The van der Waals surface area contributed by atoms with Crippen LogP contribution >= 0.6 is 0 Å². The van der Waals surface area contributed by atoms with Crippen LogP contribution in [0.25, 0.3) is 11.3 Å². The second kappa shape index (κ2) is 6.73. The van der Waals surface area contributed by atoms with Crippen LogP contribution in [-0.2, 0) is 0 Å². The monoisotopic (exact) mass is 327 g/mol. The number of rotatable bonds is 5. The van der Waals surface area contributed by atoms with Gasteiger partial charge in [-0.15, -0.1) is 0 Å². The smallest absolute Gasteiger partial charge is 0.319 e. The van der Waals surface area contributed by atoms with Gasteiger partial charge in [-0.05, 0) is 12.1 Å². The SMILES string of the molecule is COc1ncc(NC(=O)c2cc(-c3cccnc3)on2)c(OC)n1. The van der Waals surface area contributed by atoms with Gasteiger partial charge >= 0.3 is 6.01 Å². The van der Waals surface area contributed by atoms with Gasteiger partial charge in [-0.1, -0.05) is 5.16 Å². The molecule has 0 radical (unpaired) electrons. The third-order valence-corrected chi connectivity index (χ3v) is 3.04. The summed E-state index contributed by atoms with van der Waals surface area (Å²) in [5, 5.41) is 6.37. The molecule has 0 aliphatic carbocycles. The van der Waals surface area contributed by atoms with Crippen LogP contribution in [0.4, 0.5) is 5.69 Å². The minimum Gasteiger partial charge on any atom is -0.479 e. The molecule has 3 heterocycles. The third-order valence-electron chi connectivity index (χ3n) is 3.04. The number of amides is 1.